The Bertz CT molecular complexity index is 1080. The van der Waals surface area contributed by atoms with Crippen LogP contribution in [0, 0.1) is 0 Å². The largest absolute Gasteiger partial charge is 0.497 e. The number of hydrogen-bond acceptors (Lipinski definition) is 7. The van der Waals surface area contributed by atoms with Gasteiger partial charge in [-0.25, -0.2) is 0 Å². The molecule has 0 aliphatic carbocycles. The van der Waals surface area contributed by atoms with Crippen LogP contribution in [0.25, 0.3) is 6.08 Å². The molecule has 1 saturated heterocycles. The predicted molar refractivity (Wildman–Crippen MR) is 135 cm³/mol. The quantitative estimate of drug-likeness (QED) is 0.406. The highest BCUT2D eigenvalue weighted by Crippen LogP contribution is 2.35. The third-order valence-corrected chi connectivity index (χ3v) is 5.95. The maximum atomic E-state index is 12.6. The van der Waals surface area contributed by atoms with Crippen molar-refractivity contribution in [3.63, 3.8) is 0 Å². The second-order valence-corrected chi connectivity index (χ2v) is 9.03. The monoisotopic (exact) mass is 486 g/mol. The van der Waals surface area contributed by atoms with Crippen LogP contribution < -0.4 is 19.5 Å². The molecule has 0 bridgehead atoms. The zero-order chi connectivity index (χ0) is 24.0. The number of thioether (sulfide) groups is 1. The van der Waals surface area contributed by atoms with Gasteiger partial charge in [-0.2, -0.15) is 0 Å². The first-order chi connectivity index (χ1) is 15.8. The van der Waals surface area contributed by atoms with E-state index in [0.717, 1.165) is 5.56 Å². The van der Waals surface area contributed by atoms with Crippen LogP contribution >= 0.6 is 24.0 Å². The van der Waals surface area contributed by atoms with Gasteiger partial charge in [0.1, 0.15) is 10.1 Å². The molecule has 0 unspecified atom stereocenters. The van der Waals surface area contributed by atoms with Gasteiger partial charge >= 0.3 is 0 Å². The molecule has 1 heterocycles. The minimum absolute atomic E-state index is 0.00119. The number of anilines is 1. The van der Waals surface area contributed by atoms with Crippen molar-refractivity contribution >= 4 is 51.9 Å². The molecule has 0 radical (unpaired) electrons. The molecule has 1 aliphatic rings. The zero-order valence-corrected chi connectivity index (χ0v) is 20.5. The lowest BCUT2D eigenvalue weighted by molar-refractivity contribution is -0.123. The van der Waals surface area contributed by atoms with Gasteiger partial charge in [0, 0.05) is 17.8 Å². The molecule has 2 aromatic rings. The zero-order valence-electron chi connectivity index (χ0n) is 18.9. The number of carbonyl (C=O) groups excluding carboxylic acids is 2. The van der Waals surface area contributed by atoms with Gasteiger partial charge in [-0.3, -0.25) is 14.5 Å². The van der Waals surface area contributed by atoms with Crippen LogP contribution in [0.1, 0.15) is 26.3 Å². The standard InChI is InChI=1S/C24H26N2O5S2/c1-5-30-20-11-16(12-21-23(28)26(15(2)3)24(32)33-21)9-10-19(20)31-14-22(27)25-17-7-6-8-18(13-17)29-4/h6-13,15H,5,14H2,1-4H3,(H,25,27)/b21-12-. The number of benzene rings is 2. The first-order valence-corrected chi connectivity index (χ1v) is 11.7. The van der Waals surface area contributed by atoms with E-state index in [1.165, 1.54) is 11.8 Å². The van der Waals surface area contributed by atoms with Gasteiger partial charge in [-0.15, -0.1) is 0 Å². The molecule has 1 fully saturated rings. The van der Waals surface area contributed by atoms with Gasteiger partial charge < -0.3 is 19.5 Å². The highest BCUT2D eigenvalue weighted by atomic mass is 32.2. The van der Waals surface area contributed by atoms with E-state index < -0.39 is 0 Å². The molecule has 9 heteroatoms. The van der Waals surface area contributed by atoms with Crippen LogP contribution in [0.2, 0.25) is 0 Å². The number of rotatable bonds is 9. The minimum atomic E-state index is -0.313. The number of ether oxygens (including phenoxy) is 3. The highest BCUT2D eigenvalue weighted by molar-refractivity contribution is 8.26. The lowest BCUT2D eigenvalue weighted by Gasteiger charge is -2.18. The summed E-state index contributed by atoms with van der Waals surface area (Å²) in [6.07, 6.45) is 1.78. The molecule has 0 spiro atoms. The van der Waals surface area contributed by atoms with E-state index in [4.69, 9.17) is 26.4 Å². The Hall–Kier alpha value is -3.04. The van der Waals surface area contributed by atoms with Crippen molar-refractivity contribution in [3.05, 3.63) is 52.9 Å². The van der Waals surface area contributed by atoms with E-state index in [1.54, 1.807) is 60.6 Å². The molecule has 33 heavy (non-hydrogen) atoms. The van der Waals surface area contributed by atoms with E-state index in [9.17, 15) is 9.59 Å². The Kier molecular flexibility index (Phi) is 8.35. The second-order valence-electron chi connectivity index (χ2n) is 7.35. The Balaban J connectivity index is 1.70. The van der Waals surface area contributed by atoms with Crippen molar-refractivity contribution in [2.45, 2.75) is 26.8 Å². The van der Waals surface area contributed by atoms with E-state index in [1.807, 2.05) is 20.8 Å². The molecule has 2 amide bonds. The fraction of sp³-hybridized carbons (Fsp3) is 0.292. The SMILES string of the molecule is CCOc1cc(/C=C2\SC(=S)N(C(C)C)C2=O)ccc1OCC(=O)Nc1cccc(OC)c1. The molecule has 0 atom stereocenters. The molecule has 3 rings (SSSR count). The van der Waals surface area contributed by atoms with Crippen LogP contribution in [-0.4, -0.2) is 47.4 Å². The average molecular weight is 487 g/mol. The Morgan fingerprint density at radius 3 is 2.64 bits per heavy atom. The van der Waals surface area contributed by atoms with Crippen LogP contribution in [-0.2, 0) is 9.59 Å². The van der Waals surface area contributed by atoms with Crippen molar-refractivity contribution in [3.8, 4) is 17.2 Å². The van der Waals surface area contributed by atoms with Crippen LogP contribution in [0.15, 0.2) is 47.4 Å². The first kappa shape index (κ1) is 24.6. The van der Waals surface area contributed by atoms with Gasteiger partial charge in [0.2, 0.25) is 0 Å². The summed E-state index contributed by atoms with van der Waals surface area (Å²) in [5, 5.41) is 2.77. The summed E-state index contributed by atoms with van der Waals surface area (Å²) in [5.41, 5.74) is 1.39. The summed E-state index contributed by atoms with van der Waals surface area (Å²) in [4.78, 5) is 27.1. The maximum Gasteiger partial charge on any atom is 0.266 e. The van der Waals surface area contributed by atoms with Gasteiger partial charge in [0.15, 0.2) is 18.1 Å². The summed E-state index contributed by atoms with van der Waals surface area (Å²) >= 11 is 6.61. The Morgan fingerprint density at radius 2 is 1.97 bits per heavy atom. The second kappa shape index (κ2) is 11.2. The molecule has 1 aliphatic heterocycles. The first-order valence-electron chi connectivity index (χ1n) is 10.4. The van der Waals surface area contributed by atoms with Crippen LogP contribution in [0.5, 0.6) is 17.2 Å². The summed E-state index contributed by atoms with van der Waals surface area (Å²) in [6, 6.07) is 12.4. The van der Waals surface area contributed by atoms with E-state index >= 15 is 0 Å². The third kappa shape index (κ3) is 6.27. The van der Waals surface area contributed by atoms with Crippen molar-refractivity contribution in [1.29, 1.82) is 0 Å². The molecule has 2 aromatic carbocycles. The molecule has 1 N–H and O–H groups in total. The fourth-order valence-electron chi connectivity index (χ4n) is 3.12. The predicted octanol–water partition coefficient (Wildman–Crippen LogP) is 4.72. The van der Waals surface area contributed by atoms with Crippen molar-refractivity contribution in [1.82, 2.24) is 4.90 Å². The van der Waals surface area contributed by atoms with Crippen molar-refractivity contribution < 1.29 is 23.8 Å². The van der Waals surface area contributed by atoms with E-state index in [-0.39, 0.29) is 24.5 Å². The Morgan fingerprint density at radius 1 is 1.18 bits per heavy atom. The summed E-state index contributed by atoms with van der Waals surface area (Å²) in [7, 11) is 1.56. The normalized spacial score (nSPS) is 14.7. The Labute approximate surface area is 203 Å². The number of thiocarbonyl (C=S) groups is 1. The lowest BCUT2D eigenvalue weighted by atomic mass is 10.1. The molecular weight excluding hydrogens is 460 g/mol. The van der Waals surface area contributed by atoms with Crippen LogP contribution in [0.4, 0.5) is 5.69 Å². The molecule has 0 saturated carbocycles. The van der Waals surface area contributed by atoms with Crippen LogP contribution in [0.3, 0.4) is 0 Å². The maximum absolute atomic E-state index is 12.6. The van der Waals surface area contributed by atoms with E-state index in [0.29, 0.717) is 38.8 Å². The summed E-state index contributed by atoms with van der Waals surface area (Å²) in [6.45, 7) is 5.95. The van der Waals surface area contributed by atoms with Gasteiger partial charge in [-0.05, 0) is 56.7 Å². The van der Waals surface area contributed by atoms with E-state index in [2.05, 4.69) is 5.32 Å². The number of nitrogens with zero attached hydrogens (tertiary/aromatic N) is 1. The topological polar surface area (TPSA) is 77.1 Å². The van der Waals surface area contributed by atoms with Gasteiger partial charge in [0.05, 0.1) is 18.6 Å². The van der Waals surface area contributed by atoms with Gasteiger partial charge in [-0.1, -0.05) is 36.1 Å². The van der Waals surface area contributed by atoms with Gasteiger partial charge in [0.25, 0.3) is 11.8 Å². The van der Waals surface area contributed by atoms with Crippen molar-refractivity contribution in [2.24, 2.45) is 0 Å². The number of hydrogen-bond donors (Lipinski definition) is 1. The highest BCUT2D eigenvalue weighted by Gasteiger charge is 2.33. The summed E-state index contributed by atoms with van der Waals surface area (Å²) in [5.74, 6) is 1.15. The molecule has 0 aromatic heterocycles. The molecular formula is C24H26N2O5S2. The average Bonchev–Trinajstić information content (AvgIpc) is 3.06. The third-order valence-electron chi connectivity index (χ3n) is 4.62. The smallest absolute Gasteiger partial charge is 0.266 e. The number of methoxy groups -OCH3 is 1. The molecule has 7 nitrogen and oxygen atoms in total. The minimum Gasteiger partial charge on any atom is -0.497 e. The van der Waals surface area contributed by atoms with Crippen molar-refractivity contribution in [2.75, 3.05) is 25.6 Å². The number of nitrogens with one attached hydrogen (secondary N) is 1. The molecule has 174 valence electrons. The number of amides is 2. The summed E-state index contributed by atoms with van der Waals surface area (Å²) < 4.78 is 17.1. The fourth-order valence-corrected chi connectivity index (χ4v) is 4.64. The lowest BCUT2D eigenvalue weighted by Crippen LogP contribution is -2.34. The number of carbonyl (C=O) groups is 2.